The lowest BCUT2D eigenvalue weighted by Gasteiger charge is -2.31. The molecule has 0 bridgehead atoms. The van der Waals surface area contributed by atoms with Gasteiger partial charge in [0.05, 0.1) is 0 Å². The van der Waals surface area contributed by atoms with E-state index in [4.69, 9.17) is 4.42 Å². The van der Waals surface area contributed by atoms with Crippen molar-refractivity contribution in [3.05, 3.63) is 76.4 Å². The molecular weight excluding hydrogens is 381 g/mol. The maximum Gasteiger partial charge on any atom is 0.356 e. The van der Waals surface area contributed by atoms with Crippen LogP contribution >= 0.6 is 0 Å². The maximum absolute atomic E-state index is 13.5. The van der Waals surface area contributed by atoms with Gasteiger partial charge in [-0.05, 0) is 55.0 Å². The Balaban J connectivity index is 1.54. The monoisotopic (exact) mass is 401 g/mol. The molecular formula is C21H20FNO4S. The fourth-order valence-corrected chi connectivity index (χ4v) is 5.19. The van der Waals surface area contributed by atoms with Gasteiger partial charge in [-0.1, -0.05) is 30.3 Å². The molecule has 0 unspecified atom stereocenters. The van der Waals surface area contributed by atoms with Crippen molar-refractivity contribution in [3.8, 4) is 0 Å². The molecule has 0 saturated carbocycles. The molecule has 146 valence electrons. The molecule has 7 heteroatoms. The van der Waals surface area contributed by atoms with Gasteiger partial charge >= 0.3 is 5.63 Å². The number of nitrogens with zero attached hydrogens (tertiary/aromatic N) is 1. The zero-order valence-corrected chi connectivity index (χ0v) is 16.0. The van der Waals surface area contributed by atoms with Crippen molar-refractivity contribution in [1.82, 2.24) is 4.31 Å². The van der Waals surface area contributed by atoms with E-state index >= 15 is 0 Å². The van der Waals surface area contributed by atoms with Crippen LogP contribution in [-0.4, -0.2) is 25.8 Å². The first kappa shape index (κ1) is 18.8. The van der Waals surface area contributed by atoms with E-state index in [0.29, 0.717) is 19.0 Å². The van der Waals surface area contributed by atoms with Crippen LogP contribution in [0.3, 0.4) is 0 Å². The van der Waals surface area contributed by atoms with Gasteiger partial charge in [0.15, 0.2) is 4.90 Å². The largest absolute Gasteiger partial charge is 0.422 e. The van der Waals surface area contributed by atoms with Gasteiger partial charge in [-0.3, -0.25) is 0 Å². The molecule has 0 atom stereocenters. The minimum absolute atomic E-state index is 0.159. The number of hydrogen-bond acceptors (Lipinski definition) is 4. The van der Waals surface area contributed by atoms with Gasteiger partial charge in [-0.15, -0.1) is 0 Å². The summed E-state index contributed by atoms with van der Waals surface area (Å²) in [6.07, 6.45) is 2.36. The highest BCUT2D eigenvalue weighted by atomic mass is 32.2. The topological polar surface area (TPSA) is 67.6 Å². The molecule has 2 heterocycles. The van der Waals surface area contributed by atoms with Gasteiger partial charge < -0.3 is 4.42 Å². The van der Waals surface area contributed by atoms with Crippen LogP contribution in [0.25, 0.3) is 11.0 Å². The molecule has 0 spiro atoms. The van der Waals surface area contributed by atoms with Gasteiger partial charge in [-0.25, -0.2) is 17.6 Å². The van der Waals surface area contributed by atoms with Gasteiger partial charge in [0.2, 0.25) is 10.0 Å². The standard InChI is InChI=1S/C21H20FNO4S/c22-18-6-7-19-17(13-18)14-20(21(24)27-19)28(25,26)23-10-8-16(9-11-23)12-15-4-2-1-3-5-15/h1-7,13-14,16H,8-12H2. The van der Waals surface area contributed by atoms with Gasteiger partial charge in [0.25, 0.3) is 0 Å². The fourth-order valence-electron chi connectivity index (χ4n) is 3.70. The van der Waals surface area contributed by atoms with E-state index in [0.717, 1.165) is 31.4 Å². The van der Waals surface area contributed by atoms with Crippen LogP contribution in [0.1, 0.15) is 18.4 Å². The van der Waals surface area contributed by atoms with Crippen molar-refractivity contribution < 1.29 is 17.2 Å². The molecule has 0 amide bonds. The predicted molar refractivity (Wildman–Crippen MR) is 104 cm³/mol. The second kappa shape index (κ2) is 7.48. The summed E-state index contributed by atoms with van der Waals surface area (Å²) in [5, 5.41) is 0.247. The Labute approximate surface area is 162 Å². The van der Waals surface area contributed by atoms with Gasteiger partial charge in [0, 0.05) is 18.5 Å². The lowest BCUT2D eigenvalue weighted by Crippen LogP contribution is -2.40. The Morgan fingerprint density at radius 1 is 1.04 bits per heavy atom. The zero-order valence-electron chi connectivity index (χ0n) is 15.2. The predicted octanol–water partition coefficient (Wildman–Crippen LogP) is 3.58. The van der Waals surface area contributed by atoms with Crippen molar-refractivity contribution in [2.45, 2.75) is 24.2 Å². The van der Waals surface area contributed by atoms with Crippen LogP contribution in [0.15, 0.2) is 68.7 Å². The molecule has 4 rings (SSSR count). The molecule has 28 heavy (non-hydrogen) atoms. The summed E-state index contributed by atoms with van der Waals surface area (Å²) in [4.78, 5) is 11.8. The number of hydrogen-bond donors (Lipinski definition) is 0. The first-order valence-electron chi connectivity index (χ1n) is 9.21. The summed E-state index contributed by atoms with van der Waals surface area (Å²) in [5.41, 5.74) is 0.471. The molecule has 1 saturated heterocycles. The van der Waals surface area contributed by atoms with E-state index in [9.17, 15) is 17.6 Å². The molecule has 1 fully saturated rings. The lowest BCUT2D eigenvalue weighted by molar-refractivity contribution is 0.272. The van der Waals surface area contributed by atoms with Gasteiger partial charge in [0.1, 0.15) is 11.4 Å². The Hall–Kier alpha value is -2.51. The summed E-state index contributed by atoms with van der Waals surface area (Å²) >= 11 is 0. The summed E-state index contributed by atoms with van der Waals surface area (Å²) < 4.78 is 45.8. The van der Waals surface area contributed by atoms with Crippen LogP contribution in [0.5, 0.6) is 0 Å². The van der Waals surface area contributed by atoms with Crippen LogP contribution in [0, 0.1) is 11.7 Å². The molecule has 1 aliphatic heterocycles. The number of rotatable bonds is 4. The van der Waals surface area contributed by atoms with Crippen molar-refractivity contribution in [1.29, 1.82) is 0 Å². The number of piperidine rings is 1. The maximum atomic E-state index is 13.5. The minimum atomic E-state index is -3.99. The molecule has 0 N–H and O–H groups in total. The molecule has 1 aromatic heterocycles. The number of halogens is 1. The van der Waals surface area contributed by atoms with Crippen molar-refractivity contribution in [2.75, 3.05) is 13.1 Å². The Morgan fingerprint density at radius 3 is 2.46 bits per heavy atom. The summed E-state index contributed by atoms with van der Waals surface area (Å²) in [5.74, 6) is -0.123. The molecule has 5 nitrogen and oxygen atoms in total. The highest BCUT2D eigenvalue weighted by Gasteiger charge is 2.32. The van der Waals surface area contributed by atoms with E-state index in [1.165, 1.54) is 22.0 Å². The zero-order chi connectivity index (χ0) is 19.7. The van der Waals surface area contributed by atoms with E-state index in [2.05, 4.69) is 12.1 Å². The minimum Gasteiger partial charge on any atom is -0.422 e. The second-order valence-electron chi connectivity index (χ2n) is 7.12. The first-order chi connectivity index (χ1) is 13.4. The third-order valence-electron chi connectivity index (χ3n) is 5.22. The molecule has 1 aliphatic rings. The normalized spacial score (nSPS) is 16.5. The number of sulfonamides is 1. The van der Waals surface area contributed by atoms with Crippen molar-refractivity contribution in [2.24, 2.45) is 5.92 Å². The summed E-state index contributed by atoms with van der Waals surface area (Å²) in [6, 6.07) is 15.0. The summed E-state index contributed by atoms with van der Waals surface area (Å²) in [7, 11) is -3.99. The third-order valence-corrected chi connectivity index (χ3v) is 7.11. The Bertz CT molecular complexity index is 1150. The third kappa shape index (κ3) is 3.72. The van der Waals surface area contributed by atoms with Crippen LogP contribution in [-0.2, 0) is 16.4 Å². The number of fused-ring (bicyclic) bond motifs is 1. The average Bonchev–Trinajstić information content (AvgIpc) is 2.69. The number of benzene rings is 2. The van der Waals surface area contributed by atoms with Crippen molar-refractivity contribution in [3.63, 3.8) is 0 Å². The van der Waals surface area contributed by atoms with E-state index in [1.54, 1.807) is 0 Å². The molecule has 0 aliphatic carbocycles. The van der Waals surface area contributed by atoms with Crippen LogP contribution in [0.4, 0.5) is 4.39 Å². The second-order valence-corrected chi connectivity index (χ2v) is 9.02. The van der Waals surface area contributed by atoms with E-state index in [1.807, 2.05) is 18.2 Å². The van der Waals surface area contributed by atoms with Crippen LogP contribution < -0.4 is 5.63 Å². The summed E-state index contributed by atoms with van der Waals surface area (Å²) in [6.45, 7) is 0.695. The Kier molecular flexibility index (Phi) is 5.03. The van der Waals surface area contributed by atoms with E-state index in [-0.39, 0.29) is 11.0 Å². The van der Waals surface area contributed by atoms with E-state index < -0.39 is 26.4 Å². The highest BCUT2D eigenvalue weighted by Crippen LogP contribution is 2.26. The molecule has 2 aromatic carbocycles. The lowest BCUT2D eigenvalue weighted by atomic mass is 9.91. The first-order valence-corrected chi connectivity index (χ1v) is 10.6. The van der Waals surface area contributed by atoms with Crippen LogP contribution in [0.2, 0.25) is 0 Å². The fraction of sp³-hybridized carbons (Fsp3) is 0.286. The molecule has 0 radical (unpaired) electrons. The quantitative estimate of drug-likeness (QED) is 0.627. The SMILES string of the molecule is O=c1oc2ccc(F)cc2cc1S(=O)(=O)N1CCC(Cc2ccccc2)CC1. The van der Waals surface area contributed by atoms with Crippen molar-refractivity contribution >= 4 is 21.0 Å². The Morgan fingerprint density at radius 2 is 1.75 bits per heavy atom. The average molecular weight is 401 g/mol. The highest BCUT2D eigenvalue weighted by molar-refractivity contribution is 7.89. The van der Waals surface area contributed by atoms with Gasteiger partial charge in [-0.2, -0.15) is 4.31 Å². The molecule has 3 aromatic rings. The smallest absolute Gasteiger partial charge is 0.356 e.